The van der Waals surface area contributed by atoms with Crippen LogP contribution in [0, 0.1) is 0 Å². The number of methoxy groups -OCH3 is 1. The van der Waals surface area contributed by atoms with Crippen LogP contribution in [-0.4, -0.2) is 31.6 Å². The topological polar surface area (TPSA) is 38.8 Å². The summed E-state index contributed by atoms with van der Waals surface area (Å²) in [6.45, 7) is 2.01. The van der Waals surface area contributed by atoms with Crippen molar-refractivity contribution in [3.63, 3.8) is 0 Å². The first-order chi connectivity index (χ1) is 10.6. The van der Waals surface area contributed by atoms with E-state index in [1.165, 1.54) is 0 Å². The molecular weight excluding hydrogens is 278 g/mol. The fraction of sp³-hybridized carbons (Fsp3) is 0.278. The standard InChI is InChI=1S/C18H21NO3/c1-14(15-7-5-4-6-8-15)19(2)18(20)13-22-17-11-9-16(21-3)10-12-17/h4-12,14H,13H2,1-3H3. The zero-order valence-electron chi connectivity index (χ0n) is 13.2. The summed E-state index contributed by atoms with van der Waals surface area (Å²) < 4.78 is 10.6. The predicted octanol–water partition coefficient (Wildman–Crippen LogP) is 3.29. The highest BCUT2D eigenvalue weighted by atomic mass is 16.5. The summed E-state index contributed by atoms with van der Waals surface area (Å²) in [5.41, 5.74) is 1.10. The van der Waals surface area contributed by atoms with E-state index in [4.69, 9.17) is 9.47 Å². The number of rotatable bonds is 6. The fourth-order valence-electron chi connectivity index (χ4n) is 2.09. The van der Waals surface area contributed by atoms with Crippen molar-refractivity contribution >= 4 is 5.91 Å². The molecule has 1 atom stereocenters. The van der Waals surface area contributed by atoms with Gasteiger partial charge in [-0.3, -0.25) is 4.79 Å². The number of nitrogens with zero attached hydrogens (tertiary/aromatic N) is 1. The summed E-state index contributed by atoms with van der Waals surface area (Å²) in [7, 11) is 3.40. The first-order valence-corrected chi connectivity index (χ1v) is 7.19. The molecule has 4 nitrogen and oxygen atoms in total. The average Bonchev–Trinajstić information content (AvgIpc) is 2.59. The van der Waals surface area contributed by atoms with Crippen molar-refractivity contribution in [2.45, 2.75) is 13.0 Å². The Hall–Kier alpha value is -2.49. The lowest BCUT2D eigenvalue weighted by molar-refractivity contribution is -0.134. The van der Waals surface area contributed by atoms with Gasteiger partial charge in [0.2, 0.25) is 0 Å². The lowest BCUT2D eigenvalue weighted by atomic mass is 10.1. The number of carbonyl (C=O) groups is 1. The summed E-state index contributed by atoms with van der Waals surface area (Å²) in [5.74, 6) is 1.34. The third-order valence-corrected chi connectivity index (χ3v) is 3.68. The third kappa shape index (κ3) is 4.01. The summed E-state index contributed by atoms with van der Waals surface area (Å²) in [4.78, 5) is 13.9. The Morgan fingerprint density at radius 3 is 2.23 bits per heavy atom. The molecule has 2 aromatic carbocycles. The Bertz CT molecular complexity index is 595. The molecule has 0 spiro atoms. The van der Waals surface area contributed by atoms with Crippen molar-refractivity contribution < 1.29 is 14.3 Å². The van der Waals surface area contributed by atoms with Crippen LogP contribution in [0.15, 0.2) is 54.6 Å². The Balaban J connectivity index is 1.90. The van der Waals surface area contributed by atoms with E-state index in [1.54, 1.807) is 43.3 Å². The van der Waals surface area contributed by atoms with Gasteiger partial charge in [-0.2, -0.15) is 0 Å². The van der Waals surface area contributed by atoms with Crippen LogP contribution in [0.5, 0.6) is 11.5 Å². The number of carbonyl (C=O) groups excluding carboxylic acids is 1. The smallest absolute Gasteiger partial charge is 0.260 e. The van der Waals surface area contributed by atoms with E-state index >= 15 is 0 Å². The molecule has 1 amide bonds. The summed E-state index contributed by atoms with van der Waals surface area (Å²) in [5, 5.41) is 0. The minimum absolute atomic E-state index is 0.00756. The van der Waals surface area contributed by atoms with Gasteiger partial charge >= 0.3 is 0 Å². The number of amides is 1. The molecule has 0 saturated carbocycles. The average molecular weight is 299 g/mol. The maximum Gasteiger partial charge on any atom is 0.260 e. The molecule has 116 valence electrons. The van der Waals surface area contributed by atoms with Crippen LogP contribution < -0.4 is 9.47 Å². The van der Waals surface area contributed by atoms with Crippen molar-refractivity contribution in [2.24, 2.45) is 0 Å². The van der Waals surface area contributed by atoms with Crippen molar-refractivity contribution in [1.29, 1.82) is 0 Å². The lowest BCUT2D eigenvalue weighted by Gasteiger charge is -2.25. The molecule has 2 aromatic rings. The van der Waals surface area contributed by atoms with E-state index < -0.39 is 0 Å². The summed E-state index contributed by atoms with van der Waals surface area (Å²) in [6.07, 6.45) is 0. The third-order valence-electron chi connectivity index (χ3n) is 3.68. The monoisotopic (exact) mass is 299 g/mol. The van der Waals surface area contributed by atoms with E-state index in [1.807, 2.05) is 37.3 Å². The Labute approximate surface area is 131 Å². The zero-order chi connectivity index (χ0) is 15.9. The van der Waals surface area contributed by atoms with Crippen molar-refractivity contribution in [3.8, 4) is 11.5 Å². The van der Waals surface area contributed by atoms with Gasteiger partial charge in [0.1, 0.15) is 11.5 Å². The Morgan fingerprint density at radius 2 is 1.64 bits per heavy atom. The molecule has 4 heteroatoms. The molecule has 0 aliphatic rings. The lowest BCUT2D eigenvalue weighted by Crippen LogP contribution is -2.33. The molecule has 0 aliphatic heterocycles. The molecule has 2 rings (SSSR count). The number of hydrogen-bond donors (Lipinski definition) is 0. The van der Waals surface area contributed by atoms with Gasteiger partial charge in [0.15, 0.2) is 6.61 Å². The van der Waals surface area contributed by atoms with Crippen LogP contribution >= 0.6 is 0 Å². The molecule has 0 fully saturated rings. The van der Waals surface area contributed by atoms with Gasteiger partial charge in [0.25, 0.3) is 5.91 Å². The minimum Gasteiger partial charge on any atom is -0.497 e. The van der Waals surface area contributed by atoms with Crippen LogP contribution in [-0.2, 0) is 4.79 Å². The SMILES string of the molecule is COc1ccc(OCC(=O)N(C)C(C)c2ccccc2)cc1. The van der Waals surface area contributed by atoms with Crippen molar-refractivity contribution in [1.82, 2.24) is 4.90 Å². The maximum atomic E-state index is 12.2. The van der Waals surface area contributed by atoms with E-state index in [2.05, 4.69) is 0 Å². The van der Waals surface area contributed by atoms with E-state index in [0.717, 1.165) is 11.3 Å². The quantitative estimate of drug-likeness (QED) is 0.821. The van der Waals surface area contributed by atoms with E-state index in [-0.39, 0.29) is 18.6 Å². The van der Waals surface area contributed by atoms with Gasteiger partial charge in [-0.05, 0) is 36.8 Å². The number of ether oxygens (including phenoxy) is 2. The molecule has 22 heavy (non-hydrogen) atoms. The van der Waals surface area contributed by atoms with Crippen LogP contribution in [0.2, 0.25) is 0 Å². The van der Waals surface area contributed by atoms with Crippen LogP contribution in [0.3, 0.4) is 0 Å². The Morgan fingerprint density at radius 1 is 1.05 bits per heavy atom. The molecule has 0 bridgehead atoms. The molecular formula is C18H21NO3. The second-order valence-corrected chi connectivity index (χ2v) is 5.06. The van der Waals surface area contributed by atoms with E-state index in [0.29, 0.717) is 5.75 Å². The number of benzene rings is 2. The van der Waals surface area contributed by atoms with E-state index in [9.17, 15) is 4.79 Å². The van der Waals surface area contributed by atoms with Crippen LogP contribution in [0.4, 0.5) is 0 Å². The maximum absolute atomic E-state index is 12.2. The van der Waals surface area contributed by atoms with Gasteiger partial charge in [-0.1, -0.05) is 30.3 Å². The van der Waals surface area contributed by atoms with Gasteiger partial charge in [-0.25, -0.2) is 0 Å². The highest BCUT2D eigenvalue weighted by Crippen LogP contribution is 2.19. The van der Waals surface area contributed by atoms with Gasteiger partial charge < -0.3 is 14.4 Å². The van der Waals surface area contributed by atoms with Crippen LogP contribution in [0.25, 0.3) is 0 Å². The van der Waals surface area contributed by atoms with Gasteiger partial charge in [-0.15, -0.1) is 0 Å². The van der Waals surface area contributed by atoms with Gasteiger partial charge in [0, 0.05) is 7.05 Å². The summed E-state index contributed by atoms with van der Waals surface area (Å²) in [6, 6.07) is 17.1. The molecule has 1 unspecified atom stereocenters. The fourth-order valence-corrected chi connectivity index (χ4v) is 2.09. The first kappa shape index (κ1) is 15.9. The molecule has 0 radical (unpaired) electrons. The highest BCUT2D eigenvalue weighted by molar-refractivity contribution is 5.78. The first-order valence-electron chi connectivity index (χ1n) is 7.19. The number of hydrogen-bond acceptors (Lipinski definition) is 3. The number of likely N-dealkylation sites (N-methyl/N-ethyl adjacent to an activating group) is 1. The Kier molecular flexibility index (Phi) is 5.42. The van der Waals surface area contributed by atoms with Crippen molar-refractivity contribution in [3.05, 3.63) is 60.2 Å². The van der Waals surface area contributed by atoms with Crippen LogP contribution in [0.1, 0.15) is 18.5 Å². The summed E-state index contributed by atoms with van der Waals surface area (Å²) >= 11 is 0. The molecule has 0 heterocycles. The van der Waals surface area contributed by atoms with Crippen molar-refractivity contribution in [2.75, 3.05) is 20.8 Å². The largest absolute Gasteiger partial charge is 0.497 e. The second-order valence-electron chi connectivity index (χ2n) is 5.06. The molecule has 0 saturated heterocycles. The zero-order valence-corrected chi connectivity index (χ0v) is 13.2. The normalized spacial score (nSPS) is 11.6. The highest BCUT2D eigenvalue weighted by Gasteiger charge is 2.17. The molecule has 0 aromatic heterocycles. The molecule has 0 N–H and O–H groups in total. The molecule has 0 aliphatic carbocycles. The van der Waals surface area contributed by atoms with Gasteiger partial charge in [0.05, 0.1) is 13.2 Å². The predicted molar refractivity (Wildman–Crippen MR) is 86.1 cm³/mol. The minimum atomic E-state index is -0.0628. The second kappa shape index (κ2) is 7.50.